The molecule has 1 aliphatic heterocycles. The van der Waals surface area contributed by atoms with Gasteiger partial charge in [-0.2, -0.15) is 17.4 Å². The molecule has 1 aliphatic rings. The van der Waals surface area contributed by atoms with Gasteiger partial charge in [0.25, 0.3) is 10.2 Å². The van der Waals surface area contributed by atoms with Crippen LogP contribution in [0.25, 0.3) is 0 Å². The van der Waals surface area contributed by atoms with Gasteiger partial charge in [0.2, 0.25) is 5.91 Å². The van der Waals surface area contributed by atoms with Crippen LogP contribution in [0.4, 0.5) is 10.1 Å². The first-order valence-corrected chi connectivity index (χ1v) is 8.17. The molecule has 2 rings (SSSR count). The molecule has 0 radical (unpaired) electrons. The average molecular weight is 366 g/mol. The Hall–Kier alpha value is -1.75. The van der Waals surface area contributed by atoms with Crippen molar-refractivity contribution in [2.45, 2.75) is 18.5 Å². The lowest BCUT2D eigenvalue weighted by molar-refractivity contribution is -0.139. The summed E-state index contributed by atoms with van der Waals surface area (Å²) < 4.78 is 39.5. The third-order valence-electron chi connectivity index (χ3n) is 3.36. The zero-order valence-corrected chi connectivity index (χ0v) is 13.4. The van der Waals surface area contributed by atoms with Crippen molar-refractivity contribution in [3.63, 3.8) is 0 Å². The van der Waals surface area contributed by atoms with E-state index < -0.39 is 40.0 Å². The van der Waals surface area contributed by atoms with Crippen molar-refractivity contribution in [2.24, 2.45) is 0 Å². The lowest BCUT2D eigenvalue weighted by Crippen LogP contribution is -2.60. The molecule has 1 heterocycles. The summed E-state index contributed by atoms with van der Waals surface area (Å²) in [6, 6.07) is 0.818. The van der Waals surface area contributed by atoms with Gasteiger partial charge in [-0.05, 0) is 18.2 Å². The zero-order valence-electron chi connectivity index (χ0n) is 11.8. The quantitative estimate of drug-likeness (QED) is 0.717. The molecule has 3 N–H and O–H groups in total. The fourth-order valence-electron chi connectivity index (χ4n) is 2.07. The summed E-state index contributed by atoms with van der Waals surface area (Å²) in [4.78, 5) is 23.3. The van der Waals surface area contributed by atoms with E-state index in [1.54, 1.807) is 0 Å². The molecule has 11 heteroatoms. The van der Waals surface area contributed by atoms with Crippen molar-refractivity contribution < 1.29 is 27.5 Å². The number of benzene rings is 1. The van der Waals surface area contributed by atoms with Crippen molar-refractivity contribution in [1.29, 1.82) is 0 Å². The van der Waals surface area contributed by atoms with Crippen molar-refractivity contribution in [3.05, 3.63) is 29.0 Å². The van der Waals surface area contributed by atoms with E-state index in [9.17, 15) is 22.4 Å². The Labute approximate surface area is 136 Å². The van der Waals surface area contributed by atoms with Crippen LogP contribution in [0, 0.1) is 5.82 Å². The highest BCUT2D eigenvalue weighted by Gasteiger charge is 2.42. The van der Waals surface area contributed by atoms with Gasteiger partial charge < -0.3 is 10.4 Å². The monoisotopic (exact) mass is 365 g/mol. The topological polar surface area (TPSA) is 116 Å². The van der Waals surface area contributed by atoms with Crippen molar-refractivity contribution >= 4 is 39.4 Å². The maximum atomic E-state index is 13.1. The predicted octanol–water partition coefficient (Wildman–Crippen LogP) is 0.409. The maximum absolute atomic E-state index is 13.1. The summed E-state index contributed by atoms with van der Waals surface area (Å²) in [5, 5.41) is 11.2. The van der Waals surface area contributed by atoms with Crippen LogP contribution in [0.3, 0.4) is 0 Å². The van der Waals surface area contributed by atoms with E-state index in [0.29, 0.717) is 0 Å². The molecule has 2 atom stereocenters. The third kappa shape index (κ3) is 3.78. The number of anilines is 1. The number of carboxylic acids is 1. The summed E-state index contributed by atoms with van der Waals surface area (Å²) >= 11 is 5.60. The number of aliphatic carboxylic acids is 1. The molecule has 0 bridgehead atoms. The molecule has 0 aromatic heterocycles. The van der Waals surface area contributed by atoms with Crippen LogP contribution in [0.5, 0.6) is 0 Å². The second kappa shape index (κ2) is 6.40. The molecule has 1 saturated heterocycles. The molecule has 1 aromatic rings. The summed E-state index contributed by atoms with van der Waals surface area (Å²) in [7, 11) is -2.95. The number of carbonyl (C=O) groups excluding carboxylic acids is 1. The molecule has 0 saturated carbocycles. The van der Waals surface area contributed by atoms with E-state index in [4.69, 9.17) is 16.7 Å². The Morgan fingerprint density at radius 1 is 1.48 bits per heavy atom. The van der Waals surface area contributed by atoms with Crippen LogP contribution in [-0.2, 0) is 19.8 Å². The number of nitrogens with zero attached hydrogens (tertiary/aromatic N) is 1. The smallest absolute Gasteiger partial charge is 0.321 e. The van der Waals surface area contributed by atoms with E-state index >= 15 is 0 Å². The summed E-state index contributed by atoms with van der Waals surface area (Å²) in [5.41, 5.74) is 0.164. The van der Waals surface area contributed by atoms with Crippen LogP contribution in [0.1, 0.15) is 6.42 Å². The number of hydrogen-bond acceptors (Lipinski definition) is 4. The van der Waals surface area contributed by atoms with Crippen molar-refractivity contribution in [1.82, 2.24) is 9.03 Å². The number of amides is 1. The molecule has 0 unspecified atom stereocenters. The van der Waals surface area contributed by atoms with Gasteiger partial charge in [0, 0.05) is 19.2 Å². The molecule has 126 valence electrons. The van der Waals surface area contributed by atoms with Crippen LogP contribution >= 0.6 is 11.6 Å². The van der Waals surface area contributed by atoms with E-state index in [1.807, 2.05) is 4.72 Å². The number of carbonyl (C=O) groups is 2. The Morgan fingerprint density at radius 3 is 2.70 bits per heavy atom. The fraction of sp³-hybridized carbons (Fsp3) is 0.333. The lowest BCUT2D eigenvalue weighted by atomic mass is 10.1. The van der Waals surface area contributed by atoms with Crippen molar-refractivity contribution in [3.8, 4) is 0 Å². The van der Waals surface area contributed by atoms with Crippen molar-refractivity contribution in [2.75, 3.05) is 12.4 Å². The van der Waals surface area contributed by atoms with E-state index in [2.05, 4.69) is 5.32 Å². The minimum atomic E-state index is -4.10. The molecular formula is C12H13ClFN3O5S. The summed E-state index contributed by atoms with van der Waals surface area (Å²) in [5.74, 6) is -2.80. The Kier molecular flexibility index (Phi) is 4.90. The molecule has 0 spiro atoms. The summed E-state index contributed by atoms with van der Waals surface area (Å²) in [6.07, 6.45) is -0.258. The molecule has 1 fully saturated rings. The van der Waals surface area contributed by atoms with Crippen LogP contribution in [-0.4, -0.2) is 48.8 Å². The second-order valence-electron chi connectivity index (χ2n) is 4.90. The van der Waals surface area contributed by atoms with Gasteiger partial charge in [-0.25, -0.2) is 4.39 Å². The van der Waals surface area contributed by atoms with Gasteiger partial charge in [-0.3, -0.25) is 9.59 Å². The average Bonchev–Trinajstić information content (AvgIpc) is 2.45. The maximum Gasteiger partial charge on any atom is 0.321 e. The fourth-order valence-corrected chi connectivity index (χ4v) is 3.49. The Morgan fingerprint density at radius 2 is 2.13 bits per heavy atom. The van der Waals surface area contributed by atoms with Crippen LogP contribution in [0.2, 0.25) is 5.02 Å². The van der Waals surface area contributed by atoms with E-state index in [0.717, 1.165) is 17.4 Å². The summed E-state index contributed by atoms with van der Waals surface area (Å²) in [6.45, 7) is 0. The predicted molar refractivity (Wildman–Crippen MR) is 79.7 cm³/mol. The first-order valence-electron chi connectivity index (χ1n) is 6.36. The Balaban J connectivity index is 2.22. The minimum Gasteiger partial charge on any atom is -0.480 e. The molecule has 8 nitrogen and oxygen atoms in total. The van der Waals surface area contributed by atoms with E-state index in [1.165, 1.54) is 12.1 Å². The van der Waals surface area contributed by atoms with Gasteiger partial charge in [0.05, 0.1) is 5.02 Å². The standard InChI is InChI=1S/C12H13ClFN3O5S/c1-17-10(5-9(12(19)20)16-23(17,21)22)11(18)15-6-2-3-8(14)7(13)4-6/h2-4,9-10,16H,5H2,1H3,(H,15,18)(H,19,20)/t9-,10+/m1/s1. The first kappa shape index (κ1) is 17.6. The van der Waals surface area contributed by atoms with Gasteiger partial charge >= 0.3 is 5.97 Å². The number of likely N-dealkylation sites (N-methyl/N-ethyl adjacent to an activating group) is 1. The second-order valence-corrected chi connectivity index (χ2v) is 7.07. The normalized spacial score (nSPS) is 24.1. The first-order chi connectivity index (χ1) is 10.6. The largest absolute Gasteiger partial charge is 0.480 e. The molecular weight excluding hydrogens is 353 g/mol. The highest BCUT2D eigenvalue weighted by atomic mass is 35.5. The minimum absolute atomic E-state index is 0.164. The van der Waals surface area contributed by atoms with Gasteiger partial charge in [-0.15, -0.1) is 0 Å². The SMILES string of the molecule is CN1[C@H](C(=O)Nc2ccc(F)c(Cl)c2)C[C@H](C(=O)O)NS1(=O)=O. The highest BCUT2D eigenvalue weighted by molar-refractivity contribution is 7.87. The Bertz CT molecular complexity index is 757. The van der Waals surface area contributed by atoms with Crippen LogP contribution < -0.4 is 10.0 Å². The number of halogens is 2. The van der Waals surface area contributed by atoms with Gasteiger partial charge in [0.15, 0.2) is 0 Å². The van der Waals surface area contributed by atoms with Crippen LogP contribution in [0.15, 0.2) is 18.2 Å². The van der Waals surface area contributed by atoms with E-state index in [-0.39, 0.29) is 17.1 Å². The number of nitrogens with one attached hydrogen (secondary N) is 2. The lowest BCUT2D eigenvalue weighted by Gasteiger charge is -2.34. The van der Waals surface area contributed by atoms with Gasteiger partial charge in [0.1, 0.15) is 17.9 Å². The third-order valence-corrected chi connectivity index (χ3v) is 5.24. The highest BCUT2D eigenvalue weighted by Crippen LogP contribution is 2.22. The molecule has 23 heavy (non-hydrogen) atoms. The zero-order chi connectivity index (χ0) is 17.4. The molecule has 1 amide bonds. The van der Waals surface area contributed by atoms with Gasteiger partial charge in [-0.1, -0.05) is 11.6 Å². The molecule has 0 aliphatic carbocycles. The number of hydrogen-bond donors (Lipinski definition) is 3. The molecule has 1 aromatic carbocycles. The number of rotatable bonds is 3. The number of carboxylic acid groups (broad SMARTS) is 1.